The Bertz CT molecular complexity index is 398. The van der Waals surface area contributed by atoms with Crippen LogP contribution in [0.1, 0.15) is 33.6 Å². The predicted molar refractivity (Wildman–Crippen MR) is 82.3 cm³/mol. The summed E-state index contributed by atoms with van der Waals surface area (Å²) in [6.07, 6.45) is 3.79. The van der Waals surface area contributed by atoms with Gasteiger partial charge in [0.25, 0.3) is 0 Å². The number of nitrogens with one attached hydrogen (secondary N) is 1. The van der Waals surface area contributed by atoms with E-state index in [1.165, 1.54) is 5.70 Å². The second-order valence-corrected chi connectivity index (χ2v) is 6.95. The molecule has 2 rings (SSSR count). The normalized spacial score (nSPS) is 24.4. The zero-order valence-electron chi connectivity index (χ0n) is 12.7. The molecule has 0 aromatic rings. The molecule has 2 aliphatic rings. The van der Waals surface area contributed by atoms with Crippen molar-refractivity contribution in [1.29, 1.82) is 0 Å². The number of carbonyl (C=O) groups is 1. The van der Waals surface area contributed by atoms with Crippen molar-refractivity contribution in [1.82, 2.24) is 15.1 Å². The summed E-state index contributed by atoms with van der Waals surface area (Å²) in [4.78, 5) is 16.0. The lowest BCUT2D eigenvalue weighted by Gasteiger charge is -2.35. The van der Waals surface area contributed by atoms with Gasteiger partial charge in [0.05, 0.1) is 0 Å². The lowest BCUT2D eigenvalue weighted by atomic mass is 9.93. The third kappa shape index (κ3) is 3.53. The molecule has 1 unspecified atom stereocenters. The van der Waals surface area contributed by atoms with Crippen LogP contribution in [0.2, 0.25) is 0 Å². The van der Waals surface area contributed by atoms with Crippen molar-refractivity contribution in [2.24, 2.45) is 5.92 Å². The fraction of sp³-hybridized carbons (Fsp3) is 0.786. The Morgan fingerprint density at radius 3 is 2.45 bits per heavy atom. The maximum Gasteiger partial charge on any atom is 0.410 e. The minimum Gasteiger partial charge on any atom is -0.444 e. The van der Waals surface area contributed by atoms with Gasteiger partial charge >= 0.3 is 6.09 Å². The largest absolute Gasteiger partial charge is 0.444 e. The number of carbonyl (C=O) groups excluding carboxylic acids is 1. The van der Waals surface area contributed by atoms with Crippen molar-refractivity contribution in [2.75, 3.05) is 20.1 Å². The van der Waals surface area contributed by atoms with Crippen molar-refractivity contribution in [3.05, 3.63) is 11.9 Å². The maximum atomic E-state index is 12.0. The number of allylic oxidation sites excluding steroid dienone is 1. The van der Waals surface area contributed by atoms with E-state index in [0.29, 0.717) is 5.92 Å². The molecule has 114 valence electrons. The second kappa shape index (κ2) is 5.76. The summed E-state index contributed by atoms with van der Waals surface area (Å²) >= 11 is 4.44. The summed E-state index contributed by atoms with van der Waals surface area (Å²) < 4.78 is 5.41. The summed E-state index contributed by atoms with van der Waals surface area (Å²) in [5.41, 5.74) is 0.924. The number of nitrogens with zero attached hydrogens (tertiary/aromatic N) is 2. The van der Waals surface area contributed by atoms with E-state index in [9.17, 15) is 4.79 Å². The molecule has 6 heteroatoms. The SMILES string of the molecule is CN1C(C2CCN(C(=O)OC(C)(C)C)CC2)=CNC1S. The van der Waals surface area contributed by atoms with Gasteiger partial charge in [-0.15, -0.1) is 12.6 Å². The average molecular weight is 299 g/mol. The van der Waals surface area contributed by atoms with E-state index in [4.69, 9.17) is 4.74 Å². The lowest BCUT2D eigenvalue weighted by Crippen LogP contribution is -2.43. The Balaban J connectivity index is 1.85. The zero-order valence-corrected chi connectivity index (χ0v) is 13.6. The van der Waals surface area contributed by atoms with Crippen molar-refractivity contribution in [3.63, 3.8) is 0 Å². The van der Waals surface area contributed by atoms with Gasteiger partial charge in [-0.3, -0.25) is 0 Å². The molecule has 0 spiro atoms. The van der Waals surface area contributed by atoms with Crippen LogP contribution in [-0.2, 0) is 4.74 Å². The minimum absolute atomic E-state index is 0.0638. The van der Waals surface area contributed by atoms with Crippen molar-refractivity contribution >= 4 is 18.7 Å². The molecule has 1 amide bonds. The summed E-state index contributed by atoms with van der Waals surface area (Å²) in [6, 6.07) is 0. The van der Waals surface area contributed by atoms with Gasteiger partial charge in [-0.25, -0.2) is 4.79 Å². The predicted octanol–water partition coefficient (Wildman–Crippen LogP) is 2.22. The van der Waals surface area contributed by atoms with E-state index in [2.05, 4.69) is 22.8 Å². The lowest BCUT2D eigenvalue weighted by molar-refractivity contribution is 0.0188. The highest BCUT2D eigenvalue weighted by molar-refractivity contribution is 7.80. The molecule has 1 N–H and O–H groups in total. The third-order valence-corrected chi connectivity index (χ3v) is 4.21. The first-order valence-corrected chi connectivity index (χ1v) is 7.64. The van der Waals surface area contributed by atoms with Crippen LogP contribution >= 0.6 is 12.6 Å². The monoisotopic (exact) mass is 299 g/mol. The van der Waals surface area contributed by atoms with E-state index in [1.807, 2.05) is 38.9 Å². The molecular weight excluding hydrogens is 274 g/mol. The first kappa shape index (κ1) is 15.4. The number of rotatable bonds is 1. The Labute approximate surface area is 126 Å². The molecule has 0 aliphatic carbocycles. The Morgan fingerprint density at radius 1 is 1.40 bits per heavy atom. The number of piperidine rings is 1. The first-order chi connectivity index (χ1) is 9.28. The topological polar surface area (TPSA) is 44.8 Å². The summed E-state index contributed by atoms with van der Waals surface area (Å²) in [7, 11) is 2.05. The van der Waals surface area contributed by atoms with E-state index >= 15 is 0 Å². The molecular formula is C14H25N3O2S. The third-order valence-electron chi connectivity index (χ3n) is 3.72. The fourth-order valence-electron chi connectivity index (χ4n) is 2.60. The minimum atomic E-state index is -0.425. The van der Waals surface area contributed by atoms with Gasteiger partial charge in [-0.2, -0.15) is 0 Å². The highest BCUT2D eigenvalue weighted by Crippen LogP contribution is 2.30. The Kier molecular flexibility index (Phi) is 4.42. The van der Waals surface area contributed by atoms with Gasteiger partial charge in [-0.05, 0) is 33.6 Å². The molecule has 0 saturated carbocycles. The number of ether oxygens (including phenoxy) is 1. The molecule has 2 heterocycles. The maximum absolute atomic E-state index is 12.0. The smallest absolute Gasteiger partial charge is 0.410 e. The van der Waals surface area contributed by atoms with Crippen LogP contribution in [0.3, 0.4) is 0 Å². The second-order valence-electron chi connectivity index (χ2n) is 6.46. The van der Waals surface area contributed by atoms with E-state index in [-0.39, 0.29) is 11.6 Å². The average Bonchev–Trinajstić information content (AvgIpc) is 2.68. The summed E-state index contributed by atoms with van der Waals surface area (Å²) in [5, 5.41) is 3.20. The number of hydrogen-bond acceptors (Lipinski definition) is 5. The van der Waals surface area contributed by atoms with Crippen LogP contribution in [0.25, 0.3) is 0 Å². The van der Waals surface area contributed by atoms with Crippen molar-refractivity contribution < 1.29 is 9.53 Å². The molecule has 0 bridgehead atoms. The molecule has 1 atom stereocenters. The van der Waals surface area contributed by atoms with E-state index in [1.54, 1.807) is 0 Å². The standard InChI is InChI=1S/C14H25N3O2S/c1-14(2,3)19-13(18)17-7-5-10(6-8-17)11-9-15-12(20)16(11)4/h9-10,12,15,20H,5-8H2,1-4H3. The number of amides is 1. The van der Waals surface area contributed by atoms with Gasteiger partial charge in [0.2, 0.25) is 0 Å². The molecule has 0 radical (unpaired) electrons. The van der Waals surface area contributed by atoms with Crippen LogP contribution in [-0.4, -0.2) is 47.1 Å². The molecule has 20 heavy (non-hydrogen) atoms. The Hall–Kier alpha value is -1.04. The summed E-state index contributed by atoms with van der Waals surface area (Å²) in [5.74, 6) is 0.489. The van der Waals surface area contributed by atoms with Crippen molar-refractivity contribution in [2.45, 2.75) is 44.7 Å². The number of hydrogen-bond donors (Lipinski definition) is 2. The van der Waals surface area contributed by atoms with E-state index < -0.39 is 5.60 Å². The summed E-state index contributed by atoms with van der Waals surface area (Å²) in [6.45, 7) is 7.20. The highest BCUT2D eigenvalue weighted by atomic mass is 32.1. The van der Waals surface area contributed by atoms with Crippen LogP contribution < -0.4 is 5.32 Å². The van der Waals surface area contributed by atoms with Gasteiger partial charge in [0.1, 0.15) is 11.1 Å². The Morgan fingerprint density at radius 2 is 2.00 bits per heavy atom. The van der Waals surface area contributed by atoms with Gasteiger partial charge in [0.15, 0.2) is 0 Å². The van der Waals surface area contributed by atoms with Gasteiger partial charge in [0, 0.05) is 38.0 Å². The molecule has 5 nitrogen and oxygen atoms in total. The van der Waals surface area contributed by atoms with Crippen LogP contribution in [0.15, 0.2) is 11.9 Å². The van der Waals surface area contributed by atoms with E-state index in [0.717, 1.165) is 25.9 Å². The number of likely N-dealkylation sites (tertiary alicyclic amines) is 1. The quantitative estimate of drug-likeness (QED) is 0.729. The number of thiol groups is 1. The van der Waals surface area contributed by atoms with Crippen molar-refractivity contribution in [3.8, 4) is 0 Å². The molecule has 0 aromatic carbocycles. The fourth-order valence-corrected chi connectivity index (χ4v) is 2.81. The van der Waals surface area contributed by atoms with Crippen LogP contribution in [0.4, 0.5) is 4.79 Å². The van der Waals surface area contributed by atoms with Gasteiger partial charge < -0.3 is 19.9 Å². The van der Waals surface area contributed by atoms with Crippen LogP contribution in [0.5, 0.6) is 0 Å². The molecule has 1 saturated heterocycles. The zero-order chi connectivity index (χ0) is 14.9. The van der Waals surface area contributed by atoms with Crippen LogP contribution in [0, 0.1) is 5.92 Å². The first-order valence-electron chi connectivity index (χ1n) is 7.13. The molecule has 1 fully saturated rings. The molecule has 2 aliphatic heterocycles. The highest BCUT2D eigenvalue weighted by Gasteiger charge is 2.31. The molecule has 0 aromatic heterocycles. The van der Waals surface area contributed by atoms with Gasteiger partial charge in [-0.1, -0.05) is 0 Å².